The van der Waals surface area contributed by atoms with E-state index in [0.717, 1.165) is 17.7 Å². The number of halogens is 1. The van der Waals surface area contributed by atoms with Gasteiger partial charge >= 0.3 is 0 Å². The van der Waals surface area contributed by atoms with Gasteiger partial charge in [-0.3, -0.25) is 9.59 Å². The number of hydrogen-bond acceptors (Lipinski definition) is 3. The number of anilines is 1. The highest BCUT2D eigenvalue weighted by Gasteiger charge is 2.35. The molecule has 0 spiro atoms. The lowest BCUT2D eigenvalue weighted by atomic mass is 9.86. The van der Waals surface area contributed by atoms with Gasteiger partial charge in [-0.2, -0.15) is 0 Å². The van der Waals surface area contributed by atoms with Gasteiger partial charge in [0.1, 0.15) is 12.4 Å². The predicted octanol–water partition coefficient (Wildman–Crippen LogP) is 4.73. The topological polar surface area (TPSA) is 49.4 Å². The fraction of sp³-hybridized carbons (Fsp3) is 0.429. The second-order valence-corrected chi connectivity index (χ2v) is 8.41. The summed E-state index contributed by atoms with van der Waals surface area (Å²) in [4.78, 5) is 28.3. The first kappa shape index (κ1) is 18.2. The van der Waals surface area contributed by atoms with Gasteiger partial charge in [0, 0.05) is 22.5 Å². The molecule has 4 rings (SSSR count). The summed E-state index contributed by atoms with van der Waals surface area (Å²) in [5.41, 5.74) is 1.22. The van der Waals surface area contributed by atoms with E-state index in [1.54, 1.807) is 11.0 Å². The summed E-state index contributed by atoms with van der Waals surface area (Å²) in [7, 11) is 0. The molecule has 0 saturated heterocycles. The molecule has 0 radical (unpaired) electrons. The zero-order chi connectivity index (χ0) is 18.8. The van der Waals surface area contributed by atoms with E-state index in [2.05, 4.69) is 5.32 Å². The quantitative estimate of drug-likeness (QED) is 0.829. The maximum absolute atomic E-state index is 14.0. The summed E-state index contributed by atoms with van der Waals surface area (Å²) in [6, 6.07) is 7.78. The molecular weight excluding hydrogens is 363 g/mol. The van der Waals surface area contributed by atoms with Crippen molar-refractivity contribution in [3.8, 4) is 0 Å². The van der Waals surface area contributed by atoms with Crippen molar-refractivity contribution >= 4 is 28.8 Å². The van der Waals surface area contributed by atoms with Gasteiger partial charge in [0.15, 0.2) is 0 Å². The van der Waals surface area contributed by atoms with Gasteiger partial charge in [-0.25, -0.2) is 4.39 Å². The van der Waals surface area contributed by atoms with Crippen LogP contribution in [0.4, 0.5) is 10.1 Å². The molecule has 2 amide bonds. The molecule has 1 aliphatic carbocycles. The fourth-order valence-corrected chi connectivity index (χ4v) is 5.07. The van der Waals surface area contributed by atoms with Crippen LogP contribution in [-0.2, 0) is 9.59 Å². The lowest BCUT2D eigenvalue weighted by molar-refractivity contribution is -0.137. The van der Waals surface area contributed by atoms with E-state index in [1.807, 2.05) is 17.5 Å². The highest BCUT2D eigenvalue weighted by atomic mass is 32.1. The number of rotatable bonds is 3. The van der Waals surface area contributed by atoms with Crippen LogP contribution in [0, 0.1) is 11.7 Å². The number of benzene rings is 1. The standard InChI is InChI=1S/C21H23FN2O2S/c22-15-8-9-17-16(12-15)21(18-7-4-10-27-18)24(13-19(25)23-17)20(26)11-14-5-2-1-3-6-14/h4,7-10,12,14,21H,1-3,5-6,11,13H2,(H,23,25). The molecule has 2 aromatic rings. The Labute approximate surface area is 162 Å². The van der Waals surface area contributed by atoms with Crippen molar-refractivity contribution in [2.75, 3.05) is 11.9 Å². The lowest BCUT2D eigenvalue weighted by Crippen LogP contribution is -2.39. The molecule has 2 aliphatic rings. The minimum atomic E-state index is -0.439. The monoisotopic (exact) mass is 386 g/mol. The summed E-state index contributed by atoms with van der Waals surface area (Å²) in [5, 5.41) is 4.78. The van der Waals surface area contributed by atoms with Gasteiger partial charge < -0.3 is 10.2 Å². The Kier molecular flexibility index (Phi) is 5.25. The number of nitrogens with zero attached hydrogens (tertiary/aromatic N) is 1. The second kappa shape index (κ2) is 7.80. The zero-order valence-corrected chi connectivity index (χ0v) is 15.9. The number of carbonyl (C=O) groups excluding carboxylic acids is 2. The molecular formula is C21H23FN2O2S. The van der Waals surface area contributed by atoms with Crippen molar-refractivity contribution in [3.05, 3.63) is 52.0 Å². The highest BCUT2D eigenvalue weighted by Crippen LogP contribution is 2.39. The Balaban J connectivity index is 1.71. The van der Waals surface area contributed by atoms with Crippen LogP contribution in [0.2, 0.25) is 0 Å². The Morgan fingerprint density at radius 1 is 1.22 bits per heavy atom. The highest BCUT2D eigenvalue weighted by molar-refractivity contribution is 7.10. The molecule has 1 aliphatic heterocycles. The number of hydrogen-bond donors (Lipinski definition) is 1. The normalized spacial score (nSPS) is 20.7. The summed E-state index contributed by atoms with van der Waals surface area (Å²) < 4.78 is 14.0. The molecule has 4 nitrogen and oxygen atoms in total. The third-order valence-electron chi connectivity index (χ3n) is 5.53. The molecule has 1 aromatic heterocycles. The van der Waals surface area contributed by atoms with Gasteiger partial charge in [0.25, 0.3) is 0 Å². The maximum Gasteiger partial charge on any atom is 0.244 e. The van der Waals surface area contributed by atoms with Crippen LogP contribution in [0.25, 0.3) is 0 Å². The number of nitrogens with one attached hydrogen (secondary N) is 1. The van der Waals surface area contributed by atoms with E-state index in [0.29, 0.717) is 23.6 Å². The Morgan fingerprint density at radius 2 is 2.04 bits per heavy atom. The summed E-state index contributed by atoms with van der Waals surface area (Å²) in [6.45, 7) is -0.00950. The van der Waals surface area contributed by atoms with E-state index in [9.17, 15) is 14.0 Å². The molecule has 1 atom stereocenters. The number of amides is 2. The van der Waals surface area contributed by atoms with Crippen LogP contribution in [-0.4, -0.2) is 23.3 Å². The molecule has 1 unspecified atom stereocenters. The Morgan fingerprint density at radius 3 is 2.78 bits per heavy atom. The van der Waals surface area contributed by atoms with Crippen LogP contribution in [0.5, 0.6) is 0 Å². The molecule has 6 heteroatoms. The lowest BCUT2D eigenvalue weighted by Gasteiger charge is -2.31. The number of carbonyl (C=O) groups is 2. The maximum atomic E-state index is 14.0. The molecule has 0 bridgehead atoms. The minimum Gasteiger partial charge on any atom is -0.324 e. The van der Waals surface area contributed by atoms with E-state index < -0.39 is 6.04 Å². The average Bonchev–Trinajstić information content (AvgIpc) is 3.13. The smallest absolute Gasteiger partial charge is 0.244 e. The number of fused-ring (bicyclic) bond motifs is 1. The van der Waals surface area contributed by atoms with Gasteiger partial charge in [0.05, 0.1) is 6.04 Å². The molecule has 27 heavy (non-hydrogen) atoms. The van der Waals surface area contributed by atoms with Crippen molar-refractivity contribution in [3.63, 3.8) is 0 Å². The molecule has 1 N–H and O–H groups in total. The molecule has 1 aromatic carbocycles. The van der Waals surface area contributed by atoms with Crippen LogP contribution in [0.3, 0.4) is 0 Å². The fourth-order valence-electron chi connectivity index (χ4n) is 4.22. The molecule has 2 heterocycles. The van der Waals surface area contributed by atoms with Gasteiger partial charge in [-0.05, 0) is 48.4 Å². The average molecular weight is 386 g/mol. The van der Waals surface area contributed by atoms with E-state index >= 15 is 0 Å². The molecule has 1 saturated carbocycles. The SMILES string of the molecule is O=C1CN(C(=O)CC2CCCCC2)C(c2cccs2)c2cc(F)ccc2N1. The van der Waals surface area contributed by atoms with Crippen molar-refractivity contribution in [2.24, 2.45) is 5.92 Å². The minimum absolute atomic E-state index is 0.00950. The second-order valence-electron chi connectivity index (χ2n) is 7.43. The molecule has 142 valence electrons. The first-order valence-electron chi connectivity index (χ1n) is 9.54. The Bertz CT molecular complexity index is 831. The van der Waals surface area contributed by atoms with E-state index in [-0.39, 0.29) is 24.2 Å². The predicted molar refractivity (Wildman–Crippen MR) is 104 cm³/mol. The van der Waals surface area contributed by atoms with E-state index in [4.69, 9.17) is 0 Å². The van der Waals surface area contributed by atoms with Gasteiger partial charge in [0.2, 0.25) is 11.8 Å². The molecule has 1 fully saturated rings. The van der Waals surface area contributed by atoms with Crippen LogP contribution in [0.1, 0.15) is 55.0 Å². The van der Waals surface area contributed by atoms with Crippen molar-refractivity contribution < 1.29 is 14.0 Å². The first-order valence-corrected chi connectivity index (χ1v) is 10.4. The summed E-state index contributed by atoms with van der Waals surface area (Å²) >= 11 is 1.52. The van der Waals surface area contributed by atoms with Crippen LogP contribution < -0.4 is 5.32 Å². The first-order chi connectivity index (χ1) is 13.1. The summed E-state index contributed by atoms with van der Waals surface area (Å²) in [5.74, 6) is -0.244. The van der Waals surface area contributed by atoms with Crippen molar-refractivity contribution in [1.29, 1.82) is 0 Å². The Hall–Kier alpha value is -2.21. The third kappa shape index (κ3) is 3.90. The van der Waals surface area contributed by atoms with Crippen molar-refractivity contribution in [1.82, 2.24) is 4.90 Å². The van der Waals surface area contributed by atoms with Gasteiger partial charge in [-0.15, -0.1) is 11.3 Å². The summed E-state index contributed by atoms with van der Waals surface area (Å²) in [6.07, 6.45) is 6.17. The van der Waals surface area contributed by atoms with E-state index in [1.165, 1.54) is 42.7 Å². The van der Waals surface area contributed by atoms with Crippen molar-refractivity contribution in [2.45, 2.75) is 44.6 Å². The number of thiophene rings is 1. The third-order valence-corrected chi connectivity index (χ3v) is 6.45. The largest absolute Gasteiger partial charge is 0.324 e. The van der Waals surface area contributed by atoms with Crippen LogP contribution in [0.15, 0.2) is 35.7 Å². The van der Waals surface area contributed by atoms with Gasteiger partial charge in [-0.1, -0.05) is 25.3 Å². The zero-order valence-electron chi connectivity index (χ0n) is 15.1. The van der Waals surface area contributed by atoms with Crippen LogP contribution >= 0.6 is 11.3 Å².